The topological polar surface area (TPSA) is 108 Å². The van der Waals surface area contributed by atoms with Crippen LogP contribution < -0.4 is 10.5 Å². The number of sulfonamides is 1. The van der Waals surface area contributed by atoms with E-state index < -0.39 is 10.0 Å². The van der Waals surface area contributed by atoms with Gasteiger partial charge in [0.05, 0.1) is 15.6 Å². The molecule has 0 radical (unpaired) electrons. The second-order valence-electron chi connectivity index (χ2n) is 3.02. The Bertz CT molecular complexity index is 622. The Balaban J connectivity index is 3.29. The molecule has 0 unspecified atom stereocenters. The van der Waals surface area contributed by atoms with E-state index in [-0.39, 0.29) is 15.6 Å². The summed E-state index contributed by atoms with van der Waals surface area (Å²) in [4.78, 5) is 3.94. The highest BCUT2D eigenvalue weighted by atomic mass is 35.5. The Morgan fingerprint density at radius 1 is 1.61 bits per heavy atom. The number of hydrogen-bond acceptors (Lipinski definition) is 5. The summed E-state index contributed by atoms with van der Waals surface area (Å²) in [5.74, 6) is 0. The first-order chi connectivity index (χ1) is 8.38. The van der Waals surface area contributed by atoms with Crippen LogP contribution in [0.2, 0.25) is 5.02 Å². The number of benzene rings is 1. The van der Waals surface area contributed by atoms with Gasteiger partial charge in [-0.25, -0.2) is 18.5 Å². The van der Waals surface area contributed by atoms with Crippen LogP contribution >= 0.6 is 23.4 Å². The first-order valence-corrected chi connectivity index (χ1v) is 7.63. The van der Waals surface area contributed by atoms with E-state index in [4.69, 9.17) is 22.0 Å². The van der Waals surface area contributed by atoms with Gasteiger partial charge in [-0.2, -0.15) is 5.26 Å². The molecule has 18 heavy (non-hydrogen) atoms. The standard InChI is InChI=1S/C9H9ClN4O2S2/c1-17-9(13-5-11)14-8-4-6(18(12,15)16)2-3-7(8)10/h2-4H,1H3,(H,13,14)(H2,12,15,16). The zero-order valence-electron chi connectivity index (χ0n) is 9.21. The highest BCUT2D eigenvalue weighted by Crippen LogP contribution is 2.28. The minimum Gasteiger partial charge on any atom is -0.271 e. The lowest BCUT2D eigenvalue weighted by Gasteiger charge is -2.04. The maximum absolute atomic E-state index is 11.2. The summed E-state index contributed by atoms with van der Waals surface area (Å²) in [5.41, 5.74) is 0.218. The molecule has 0 amide bonds. The van der Waals surface area contributed by atoms with E-state index >= 15 is 0 Å². The van der Waals surface area contributed by atoms with Crippen LogP contribution in [0.15, 0.2) is 28.1 Å². The third kappa shape index (κ3) is 3.89. The number of nitrogens with two attached hydrogens (primary N) is 1. The van der Waals surface area contributed by atoms with Gasteiger partial charge in [0.1, 0.15) is 0 Å². The van der Waals surface area contributed by atoms with Crippen molar-refractivity contribution in [2.24, 2.45) is 10.1 Å². The van der Waals surface area contributed by atoms with Gasteiger partial charge in [-0.05, 0) is 24.5 Å². The third-order valence-corrected chi connectivity index (χ3v) is 3.63. The van der Waals surface area contributed by atoms with E-state index in [0.717, 1.165) is 0 Å². The Labute approximate surface area is 114 Å². The molecule has 1 rings (SSSR count). The number of thioether (sulfide) groups is 1. The molecule has 0 saturated heterocycles. The maximum Gasteiger partial charge on any atom is 0.238 e. The van der Waals surface area contributed by atoms with Gasteiger partial charge in [0, 0.05) is 0 Å². The van der Waals surface area contributed by atoms with Crippen LogP contribution in [-0.4, -0.2) is 19.8 Å². The van der Waals surface area contributed by atoms with Gasteiger partial charge >= 0.3 is 0 Å². The Morgan fingerprint density at radius 3 is 2.78 bits per heavy atom. The van der Waals surface area contributed by atoms with Crippen molar-refractivity contribution in [1.82, 2.24) is 5.32 Å². The van der Waals surface area contributed by atoms with Crippen LogP contribution in [-0.2, 0) is 10.0 Å². The summed E-state index contributed by atoms with van der Waals surface area (Å²) >= 11 is 7.07. The van der Waals surface area contributed by atoms with Crippen molar-refractivity contribution in [2.75, 3.05) is 6.26 Å². The van der Waals surface area contributed by atoms with Gasteiger partial charge in [-0.1, -0.05) is 23.4 Å². The number of amidine groups is 1. The van der Waals surface area contributed by atoms with Gasteiger partial charge in [-0.3, -0.25) is 5.32 Å². The molecule has 0 heterocycles. The number of nitrogens with zero attached hydrogens (tertiary/aromatic N) is 2. The molecule has 0 bridgehead atoms. The van der Waals surface area contributed by atoms with E-state index in [1.807, 2.05) is 0 Å². The lowest BCUT2D eigenvalue weighted by atomic mass is 10.3. The molecular formula is C9H9ClN4O2S2. The minimum atomic E-state index is -3.82. The van der Waals surface area contributed by atoms with Crippen molar-refractivity contribution in [3.63, 3.8) is 0 Å². The number of aliphatic imine (C=N–C) groups is 1. The molecule has 9 heteroatoms. The highest BCUT2D eigenvalue weighted by Gasteiger charge is 2.11. The molecule has 96 valence electrons. The summed E-state index contributed by atoms with van der Waals surface area (Å²) in [5, 5.41) is 16.4. The van der Waals surface area contributed by atoms with Crippen molar-refractivity contribution in [3.05, 3.63) is 23.2 Å². The summed E-state index contributed by atoms with van der Waals surface area (Å²) in [7, 11) is -3.82. The predicted octanol–water partition coefficient (Wildman–Crippen LogP) is 1.41. The molecule has 0 saturated carbocycles. The second kappa shape index (κ2) is 6.06. The normalized spacial score (nSPS) is 12.0. The quantitative estimate of drug-likeness (QED) is 0.371. The van der Waals surface area contributed by atoms with Crippen molar-refractivity contribution in [2.45, 2.75) is 4.90 Å². The highest BCUT2D eigenvalue weighted by molar-refractivity contribution is 8.13. The van der Waals surface area contributed by atoms with Crippen LogP contribution in [0.4, 0.5) is 5.69 Å². The fourth-order valence-electron chi connectivity index (χ4n) is 1.04. The Hall–Kier alpha value is -1.27. The number of rotatable bonds is 2. The van der Waals surface area contributed by atoms with Crippen LogP contribution in [0.1, 0.15) is 0 Å². The molecule has 0 aromatic heterocycles. The minimum absolute atomic E-state index is 0.0944. The predicted molar refractivity (Wildman–Crippen MR) is 72.2 cm³/mol. The monoisotopic (exact) mass is 304 g/mol. The summed E-state index contributed by atoms with van der Waals surface area (Å²) in [6.07, 6.45) is 3.42. The molecule has 1 aromatic rings. The van der Waals surface area contributed by atoms with Crippen molar-refractivity contribution in [1.29, 1.82) is 5.26 Å². The van der Waals surface area contributed by atoms with E-state index in [2.05, 4.69) is 10.3 Å². The first-order valence-electron chi connectivity index (χ1n) is 4.48. The van der Waals surface area contributed by atoms with Crippen molar-refractivity contribution in [3.8, 4) is 6.19 Å². The summed E-state index contributed by atoms with van der Waals surface area (Å²) < 4.78 is 22.4. The number of halogens is 1. The van der Waals surface area contributed by atoms with Gasteiger partial charge in [0.25, 0.3) is 0 Å². The molecule has 0 fully saturated rings. The first kappa shape index (κ1) is 14.8. The number of nitriles is 1. The Kier molecular flexibility index (Phi) is 4.98. The van der Waals surface area contributed by atoms with Gasteiger partial charge < -0.3 is 0 Å². The molecule has 0 atom stereocenters. The molecule has 3 N–H and O–H groups in total. The van der Waals surface area contributed by atoms with E-state index in [0.29, 0.717) is 5.17 Å². The van der Waals surface area contributed by atoms with E-state index in [9.17, 15) is 8.42 Å². The number of primary sulfonamides is 1. The fraction of sp³-hybridized carbons (Fsp3) is 0.111. The van der Waals surface area contributed by atoms with E-state index in [1.54, 1.807) is 12.4 Å². The largest absolute Gasteiger partial charge is 0.271 e. The van der Waals surface area contributed by atoms with Crippen LogP contribution in [0.3, 0.4) is 0 Å². The fourth-order valence-corrected chi connectivity index (χ4v) is 2.07. The zero-order valence-corrected chi connectivity index (χ0v) is 11.6. The van der Waals surface area contributed by atoms with Crippen molar-refractivity contribution >= 4 is 44.2 Å². The second-order valence-corrected chi connectivity index (χ2v) is 5.78. The SMILES string of the molecule is CSC(=Nc1cc(S(N)(=O)=O)ccc1Cl)NC#N. The van der Waals surface area contributed by atoms with Crippen LogP contribution in [0.25, 0.3) is 0 Å². The molecular weight excluding hydrogens is 296 g/mol. The average Bonchev–Trinajstić information content (AvgIpc) is 2.29. The molecule has 0 aliphatic rings. The van der Waals surface area contributed by atoms with Crippen LogP contribution in [0, 0.1) is 11.5 Å². The van der Waals surface area contributed by atoms with Crippen molar-refractivity contribution < 1.29 is 8.42 Å². The lowest BCUT2D eigenvalue weighted by molar-refractivity contribution is 0.598. The molecule has 0 aliphatic heterocycles. The molecule has 6 nitrogen and oxygen atoms in total. The Morgan fingerprint density at radius 2 is 2.28 bits per heavy atom. The third-order valence-electron chi connectivity index (χ3n) is 1.82. The zero-order chi connectivity index (χ0) is 13.8. The molecule has 0 spiro atoms. The number of nitrogens with one attached hydrogen (secondary N) is 1. The average molecular weight is 305 g/mol. The summed E-state index contributed by atoms with van der Waals surface area (Å²) in [6.45, 7) is 0. The van der Waals surface area contributed by atoms with E-state index in [1.165, 1.54) is 30.0 Å². The van der Waals surface area contributed by atoms with Crippen LogP contribution in [0.5, 0.6) is 0 Å². The van der Waals surface area contributed by atoms with Gasteiger partial charge in [-0.15, -0.1) is 0 Å². The summed E-state index contributed by atoms with van der Waals surface area (Å²) in [6, 6.07) is 3.91. The molecule has 1 aromatic carbocycles. The number of hydrogen-bond donors (Lipinski definition) is 2. The van der Waals surface area contributed by atoms with Gasteiger partial charge in [0.2, 0.25) is 10.0 Å². The molecule has 0 aliphatic carbocycles. The maximum atomic E-state index is 11.2. The smallest absolute Gasteiger partial charge is 0.238 e. The van der Waals surface area contributed by atoms with Gasteiger partial charge in [0.15, 0.2) is 11.4 Å². The lowest BCUT2D eigenvalue weighted by Crippen LogP contribution is -2.13.